The van der Waals surface area contributed by atoms with Crippen molar-refractivity contribution in [2.24, 2.45) is 0 Å². The zero-order valence-corrected chi connectivity index (χ0v) is 20.9. The largest absolute Gasteiger partial charge is 0.493 e. The molecule has 190 valence electrons. The van der Waals surface area contributed by atoms with Gasteiger partial charge in [0.1, 0.15) is 12.1 Å². The summed E-state index contributed by atoms with van der Waals surface area (Å²) in [6.07, 6.45) is 9.80. The van der Waals surface area contributed by atoms with E-state index in [9.17, 15) is 0 Å². The molecule has 2 aromatic carbocycles. The zero-order valence-electron chi connectivity index (χ0n) is 20.9. The number of benzene rings is 2. The van der Waals surface area contributed by atoms with Gasteiger partial charge in [-0.05, 0) is 42.3 Å². The summed E-state index contributed by atoms with van der Waals surface area (Å²) in [4.78, 5) is 11.3. The average Bonchev–Trinajstić information content (AvgIpc) is 3.40. The Morgan fingerprint density at radius 2 is 2.00 bits per heavy atom. The van der Waals surface area contributed by atoms with Crippen LogP contribution in [0, 0.1) is 12.3 Å². The summed E-state index contributed by atoms with van der Waals surface area (Å²) >= 11 is 0. The Kier molecular flexibility index (Phi) is 7.79. The molecule has 0 aliphatic carbocycles. The maximum absolute atomic E-state index is 6.09. The van der Waals surface area contributed by atoms with Crippen molar-refractivity contribution in [3.8, 4) is 29.5 Å². The lowest BCUT2D eigenvalue weighted by atomic mass is 10.2. The van der Waals surface area contributed by atoms with Crippen LogP contribution in [0.25, 0.3) is 16.7 Å². The van der Waals surface area contributed by atoms with Crippen LogP contribution in [0.1, 0.15) is 17.5 Å². The Hall–Kier alpha value is -4.13. The van der Waals surface area contributed by atoms with Crippen LogP contribution in [0.3, 0.4) is 0 Å². The molecule has 1 aliphatic rings. The third-order valence-corrected chi connectivity index (χ3v) is 6.29. The standard InChI is InChI=1S/C28H30N6O3/c1-3-21-6-4-7-23(16-21)34-28-24(19-32-34)27(30-20-31-28)29-18-22-8-9-25(35-2)26(17-22)37-13-5-10-33-11-14-36-15-12-33/h1,4,6-9,16-17,19-20H,5,10-15,18H2,2H3,(H,29,30,31). The van der Waals surface area contributed by atoms with Crippen LogP contribution in [0.15, 0.2) is 55.0 Å². The lowest BCUT2D eigenvalue weighted by Crippen LogP contribution is -2.37. The fraction of sp³-hybridized carbons (Fsp3) is 0.321. The minimum absolute atomic E-state index is 0.554. The van der Waals surface area contributed by atoms with E-state index in [1.165, 1.54) is 6.33 Å². The highest BCUT2D eigenvalue weighted by atomic mass is 16.5. The number of ether oxygens (including phenoxy) is 3. The van der Waals surface area contributed by atoms with Crippen molar-refractivity contribution in [2.75, 3.05) is 51.9 Å². The van der Waals surface area contributed by atoms with Gasteiger partial charge in [-0.15, -0.1) is 6.42 Å². The minimum atomic E-state index is 0.554. The Balaban J connectivity index is 1.25. The van der Waals surface area contributed by atoms with Gasteiger partial charge < -0.3 is 19.5 Å². The van der Waals surface area contributed by atoms with Crippen LogP contribution in [0.4, 0.5) is 5.82 Å². The number of methoxy groups -OCH3 is 1. The zero-order chi connectivity index (χ0) is 25.5. The van der Waals surface area contributed by atoms with Gasteiger partial charge >= 0.3 is 0 Å². The monoisotopic (exact) mass is 498 g/mol. The molecule has 1 aliphatic heterocycles. The normalized spacial score (nSPS) is 13.8. The number of terminal acetylenes is 1. The third-order valence-electron chi connectivity index (χ3n) is 6.29. The Morgan fingerprint density at radius 3 is 2.84 bits per heavy atom. The topological polar surface area (TPSA) is 86.6 Å². The highest BCUT2D eigenvalue weighted by Gasteiger charge is 2.13. The molecule has 5 rings (SSSR count). The molecule has 0 bridgehead atoms. The number of hydrogen-bond acceptors (Lipinski definition) is 8. The fourth-order valence-electron chi connectivity index (χ4n) is 4.33. The number of rotatable bonds is 10. The molecule has 0 amide bonds. The van der Waals surface area contributed by atoms with Gasteiger partial charge in [0.05, 0.1) is 44.2 Å². The lowest BCUT2D eigenvalue weighted by Gasteiger charge is -2.26. The SMILES string of the molecule is C#Cc1cccc(-n2ncc3c(NCc4ccc(OC)c(OCCCN5CCOCC5)c4)ncnc32)c1. The highest BCUT2D eigenvalue weighted by molar-refractivity contribution is 5.87. The van der Waals surface area contributed by atoms with Gasteiger partial charge in [-0.3, -0.25) is 4.90 Å². The van der Waals surface area contributed by atoms with Gasteiger partial charge in [0.2, 0.25) is 0 Å². The van der Waals surface area contributed by atoms with Gasteiger partial charge in [-0.2, -0.15) is 5.10 Å². The summed E-state index contributed by atoms with van der Waals surface area (Å²) in [7, 11) is 1.66. The number of anilines is 1. The van der Waals surface area contributed by atoms with E-state index < -0.39 is 0 Å². The third kappa shape index (κ3) is 5.82. The molecule has 1 saturated heterocycles. The molecule has 0 radical (unpaired) electrons. The first-order valence-corrected chi connectivity index (χ1v) is 12.3. The minimum Gasteiger partial charge on any atom is -0.493 e. The molecule has 0 atom stereocenters. The second kappa shape index (κ2) is 11.7. The van der Waals surface area contributed by atoms with Gasteiger partial charge in [0.15, 0.2) is 17.1 Å². The second-order valence-corrected chi connectivity index (χ2v) is 8.71. The number of hydrogen-bond donors (Lipinski definition) is 1. The smallest absolute Gasteiger partial charge is 0.168 e. The maximum atomic E-state index is 6.09. The van der Waals surface area contributed by atoms with Crippen molar-refractivity contribution in [3.05, 3.63) is 66.1 Å². The highest BCUT2D eigenvalue weighted by Crippen LogP contribution is 2.29. The Bertz CT molecular complexity index is 1390. The van der Waals surface area contributed by atoms with Crippen molar-refractivity contribution in [2.45, 2.75) is 13.0 Å². The average molecular weight is 499 g/mol. The van der Waals surface area contributed by atoms with Crippen molar-refractivity contribution < 1.29 is 14.2 Å². The van der Waals surface area contributed by atoms with Crippen LogP contribution in [0.2, 0.25) is 0 Å². The summed E-state index contributed by atoms with van der Waals surface area (Å²) in [5, 5.41) is 8.76. The van der Waals surface area contributed by atoms with Gasteiger partial charge in [-0.25, -0.2) is 14.6 Å². The number of nitrogens with zero attached hydrogens (tertiary/aromatic N) is 5. The summed E-state index contributed by atoms with van der Waals surface area (Å²) in [6, 6.07) is 13.6. The lowest BCUT2D eigenvalue weighted by molar-refractivity contribution is 0.0357. The molecule has 0 unspecified atom stereocenters. The van der Waals surface area contributed by atoms with E-state index in [0.717, 1.165) is 73.0 Å². The number of morpholine rings is 1. The van der Waals surface area contributed by atoms with Gasteiger partial charge in [0.25, 0.3) is 0 Å². The van der Waals surface area contributed by atoms with Gasteiger partial charge in [-0.1, -0.05) is 18.1 Å². The maximum Gasteiger partial charge on any atom is 0.168 e. The number of fused-ring (bicyclic) bond motifs is 1. The van der Waals surface area contributed by atoms with E-state index in [2.05, 4.69) is 31.2 Å². The predicted octanol–water partition coefficient (Wildman–Crippen LogP) is 3.52. The first-order chi connectivity index (χ1) is 18.2. The van der Waals surface area contributed by atoms with E-state index in [1.54, 1.807) is 18.0 Å². The summed E-state index contributed by atoms with van der Waals surface area (Å²) in [5.41, 5.74) is 3.38. The van der Waals surface area contributed by atoms with Crippen LogP contribution in [0.5, 0.6) is 11.5 Å². The molecule has 1 N–H and O–H groups in total. The summed E-state index contributed by atoms with van der Waals surface area (Å²) < 4.78 is 18.8. The van der Waals surface area contributed by atoms with Crippen LogP contribution < -0.4 is 14.8 Å². The second-order valence-electron chi connectivity index (χ2n) is 8.71. The molecule has 3 heterocycles. The van der Waals surface area contributed by atoms with E-state index in [1.807, 2.05) is 42.5 Å². The van der Waals surface area contributed by atoms with E-state index in [-0.39, 0.29) is 0 Å². The molecule has 0 saturated carbocycles. The first-order valence-electron chi connectivity index (χ1n) is 12.3. The van der Waals surface area contributed by atoms with Crippen molar-refractivity contribution in [1.82, 2.24) is 24.6 Å². The number of nitrogens with one attached hydrogen (secondary N) is 1. The number of aromatic nitrogens is 4. The molecular weight excluding hydrogens is 468 g/mol. The molecule has 9 heteroatoms. The van der Waals surface area contributed by atoms with Crippen molar-refractivity contribution in [1.29, 1.82) is 0 Å². The van der Waals surface area contributed by atoms with Crippen molar-refractivity contribution >= 4 is 16.9 Å². The van der Waals surface area contributed by atoms with E-state index in [0.29, 0.717) is 24.6 Å². The van der Waals surface area contributed by atoms with Crippen LogP contribution in [-0.4, -0.2) is 71.2 Å². The van der Waals surface area contributed by atoms with E-state index in [4.69, 9.17) is 20.6 Å². The molecule has 2 aromatic heterocycles. The Labute approximate surface area is 216 Å². The fourth-order valence-corrected chi connectivity index (χ4v) is 4.33. The summed E-state index contributed by atoms with van der Waals surface area (Å²) in [6.45, 7) is 5.75. The van der Waals surface area contributed by atoms with Gasteiger partial charge in [0, 0.05) is 31.7 Å². The van der Waals surface area contributed by atoms with E-state index >= 15 is 0 Å². The molecular formula is C28H30N6O3. The molecule has 1 fully saturated rings. The van der Waals surface area contributed by atoms with Crippen LogP contribution >= 0.6 is 0 Å². The first kappa shape index (κ1) is 24.6. The van der Waals surface area contributed by atoms with Crippen LogP contribution in [-0.2, 0) is 11.3 Å². The summed E-state index contributed by atoms with van der Waals surface area (Å²) in [5.74, 6) is 4.81. The van der Waals surface area contributed by atoms with Crippen molar-refractivity contribution in [3.63, 3.8) is 0 Å². The molecule has 0 spiro atoms. The Morgan fingerprint density at radius 1 is 1.11 bits per heavy atom. The molecule has 37 heavy (non-hydrogen) atoms. The molecule has 4 aromatic rings. The quantitative estimate of drug-likeness (QED) is 0.263. The molecule has 9 nitrogen and oxygen atoms in total. The predicted molar refractivity (Wildman–Crippen MR) is 142 cm³/mol.